The zero-order valence-electron chi connectivity index (χ0n) is 12.2. The Bertz CT molecular complexity index is 682. The van der Waals surface area contributed by atoms with Crippen molar-refractivity contribution in [2.75, 3.05) is 20.1 Å². The monoisotopic (exact) mass is 289 g/mol. The minimum Gasteiger partial charge on any atom is -0.355 e. The molecule has 0 saturated carbocycles. The molecule has 0 atom stereocenters. The predicted octanol–water partition coefficient (Wildman–Crippen LogP) is 0.207. The van der Waals surface area contributed by atoms with E-state index in [0.717, 1.165) is 6.42 Å². The average Bonchev–Trinajstić information content (AvgIpc) is 2.48. The van der Waals surface area contributed by atoms with E-state index in [2.05, 4.69) is 15.6 Å². The highest BCUT2D eigenvalue weighted by atomic mass is 16.2. The van der Waals surface area contributed by atoms with Gasteiger partial charge < -0.3 is 5.32 Å². The zero-order valence-corrected chi connectivity index (χ0v) is 12.2. The molecule has 1 N–H and O–H groups in total. The predicted molar refractivity (Wildman–Crippen MR) is 79.7 cm³/mol. The number of carbonyl (C=O) groups is 1. The van der Waals surface area contributed by atoms with Crippen molar-refractivity contribution in [3.8, 4) is 0 Å². The van der Waals surface area contributed by atoms with E-state index in [4.69, 9.17) is 0 Å². The van der Waals surface area contributed by atoms with Gasteiger partial charge in [0.25, 0.3) is 5.56 Å². The number of aromatic nitrogens is 3. The van der Waals surface area contributed by atoms with Crippen LogP contribution in [0.25, 0.3) is 10.9 Å². The summed E-state index contributed by atoms with van der Waals surface area (Å²) < 4.78 is 1.26. The smallest absolute Gasteiger partial charge is 0.278 e. The number of likely N-dealkylation sites (N-methyl/N-ethyl adjacent to an activating group) is 1. The summed E-state index contributed by atoms with van der Waals surface area (Å²) in [4.78, 5) is 25.6. The van der Waals surface area contributed by atoms with E-state index in [1.165, 1.54) is 4.68 Å². The molecule has 7 nitrogen and oxygen atoms in total. The summed E-state index contributed by atoms with van der Waals surface area (Å²) in [5.74, 6) is -0.0684. The first kappa shape index (κ1) is 15.1. The molecule has 0 aliphatic rings. The first-order valence-electron chi connectivity index (χ1n) is 6.89. The lowest BCUT2D eigenvalue weighted by atomic mass is 10.2. The number of fused-ring (bicyclic) bond motifs is 1. The van der Waals surface area contributed by atoms with Gasteiger partial charge in [0, 0.05) is 6.54 Å². The van der Waals surface area contributed by atoms with Crippen LogP contribution in [0.4, 0.5) is 0 Å². The normalized spacial score (nSPS) is 11.0. The second kappa shape index (κ2) is 6.94. The van der Waals surface area contributed by atoms with E-state index < -0.39 is 0 Å². The van der Waals surface area contributed by atoms with E-state index in [1.807, 2.05) is 13.0 Å². The van der Waals surface area contributed by atoms with Crippen molar-refractivity contribution >= 4 is 16.8 Å². The van der Waals surface area contributed by atoms with Gasteiger partial charge >= 0.3 is 0 Å². The van der Waals surface area contributed by atoms with Crippen LogP contribution in [0.1, 0.15) is 13.3 Å². The zero-order chi connectivity index (χ0) is 15.2. The third kappa shape index (κ3) is 3.85. The lowest BCUT2D eigenvalue weighted by Gasteiger charge is -2.16. The molecule has 0 unspecified atom stereocenters. The van der Waals surface area contributed by atoms with Crippen LogP contribution in [-0.2, 0) is 11.5 Å². The fourth-order valence-electron chi connectivity index (χ4n) is 1.96. The van der Waals surface area contributed by atoms with Gasteiger partial charge in [0.2, 0.25) is 5.91 Å². The van der Waals surface area contributed by atoms with Crippen molar-refractivity contribution in [1.82, 2.24) is 25.2 Å². The summed E-state index contributed by atoms with van der Waals surface area (Å²) in [6, 6.07) is 7.06. The molecule has 0 saturated heterocycles. The molecule has 7 heteroatoms. The summed E-state index contributed by atoms with van der Waals surface area (Å²) >= 11 is 0. The lowest BCUT2D eigenvalue weighted by Crippen LogP contribution is -2.39. The summed E-state index contributed by atoms with van der Waals surface area (Å²) in [5, 5.41) is 11.2. The maximum atomic E-state index is 12.3. The third-order valence-electron chi connectivity index (χ3n) is 2.99. The standard InChI is InChI=1S/C14H19N5O2/c1-3-8-15-13(20)9-18(2)10-19-14(21)11-6-4-5-7-12(11)16-17-19/h4-7H,3,8-10H2,1-2H3,(H,15,20). The van der Waals surface area contributed by atoms with Crippen LogP contribution >= 0.6 is 0 Å². The molecule has 0 aliphatic carbocycles. The molecule has 2 aromatic rings. The average molecular weight is 289 g/mol. The van der Waals surface area contributed by atoms with Crippen molar-refractivity contribution < 1.29 is 4.79 Å². The molecular formula is C14H19N5O2. The molecule has 0 aliphatic heterocycles. The van der Waals surface area contributed by atoms with Gasteiger partial charge in [0.15, 0.2) is 0 Å². The van der Waals surface area contributed by atoms with Gasteiger partial charge in [0.05, 0.1) is 18.6 Å². The van der Waals surface area contributed by atoms with Crippen LogP contribution in [0, 0.1) is 0 Å². The van der Waals surface area contributed by atoms with Crippen LogP contribution in [0.15, 0.2) is 29.1 Å². The maximum absolute atomic E-state index is 12.3. The minimum atomic E-state index is -0.207. The first-order chi connectivity index (χ1) is 10.1. The second-order valence-corrected chi connectivity index (χ2v) is 4.92. The number of amides is 1. The Morgan fingerprint density at radius 1 is 1.38 bits per heavy atom. The summed E-state index contributed by atoms with van der Waals surface area (Å²) in [6.07, 6.45) is 0.894. The fourth-order valence-corrected chi connectivity index (χ4v) is 1.96. The molecule has 1 amide bonds. The quantitative estimate of drug-likeness (QED) is 0.822. The van der Waals surface area contributed by atoms with Crippen molar-refractivity contribution in [3.63, 3.8) is 0 Å². The molecule has 1 aromatic heterocycles. The maximum Gasteiger partial charge on any atom is 0.278 e. The molecule has 0 radical (unpaired) electrons. The molecular weight excluding hydrogens is 270 g/mol. The van der Waals surface area contributed by atoms with Crippen molar-refractivity contribution in [1.29, 1.82) is 0 Å². The van der Waals surface area contributed by atoms with E-state index >= 15 is 0 Å². The largest absolute Gasteiger partial charge is 0.355 e. The van der Waals surface area contributed by atoms with E-state index in [1.54, 1.807) is 30.1 Å². The Morgan fingerprint density at radius 3 is 2.90 bits per heavy atom. The van der Waals surface area contributed by atoms with Crippen molar-refractivity contribution in [2.24, 2.45) is 0 Å². The Balaban J connectivity index is 2.07. The van der Waals surface area contributed by atoms with Crippen LogP contribution in [0.2, 0.25) is 0 Å². The van der Waals surface area contributed by atoms with Gasteiger partial charge in [-0.05, 0) is 25.6 Å². The van der Waals surface area contributed by atoms with Crippen LogP contribution < -0.4 is 10.9 Å². The fraction of sp³-hybridized carbons (Fsp3) is 0.429. The van der Waals surface area contributed by atoms with Crippen LogP contribution in [0.5, 0.6) is 0 Å². The van der Waals surface area contributed by atoms with Gasteiger partial charge in [-0.15, -0.1) is 5.10 Å². The molecule has 0 bridgehead atoms. The summed E-state index contributed by atoms with van der Waals surface area (Å²) in [7, 11) is 1.76. The number of rotatable bonds is 6. The van der Waals surface area contributed by atoms with Gasteiger partial charge in [0.1, 0.15) is 5.52 Å². The number of nitrogens with one attached hydrogen (secondary N) is 1. The number of carbonyl (C=O) groups excluding carboxylic acids is 1. The third-order valence-corrected chi connectivity index (χ3v) is 2.99. The van der Waals surface area contributed by atoms with Gasteiger partial charge in [-0.25, -0.2) is 0 Å². The Morgan fingerprint density at radius 2 is 2.14 bits per heavy atom. The van der Waals surface area contributed by atoms with E-state index in [-0.39, 0.29) is 24.7 Å². The molecule has 1 aromatic carbocycles. The number of hydrogen-bond acceptors (Lipinski definition) is 5. The summed E-state index contributed by atoms with van der Waals surface area (Å²) in [5.41, 5.74) is 0.364. The number of nitrogens with zero attached hydrogens (tertiary/aromatic N) is 4. The Hall–Kier alpha value is -2.28. The van der Waals surface area contributed by atoms with Gasteiger partial charge in [-0.2, -0.15) is 4.68 Å². The molecule has 1 heterocycles. The molecule has 0 spiro atoms. The SMILES string of the molecule is CCCNC(=O)CN(C)Cn1nnc2ccccc2c1=O. The lowest BCUT2D eigenvalue weighted by molar-refractivity contribution is -0.122. The van der Waals surface area contributed by atoms with Crippen molar-refractivity contribution in [3.05, 3.63) is 34.6 Å². The van der Waals surface area contributed by atoms with Crippen molar-refractivity contribution in [2.45, 2.75) is 20.0 Å². The topological polar surface area (TPSA) is 80.1 Å². The highest BCUT2D eigenvalue weighted by Gasteiger charge is 2.10. The highest BCUT2D eigenvalue weighted by molar-refractivity contribution is 5.78. The first-order valence-corrected chi connectivity index (χ1v) is 6.89. The van der Waals surface area contributed by atoms with Crippen LogP contribution in [0.3, 0.4) is 0 Å². The Kier molecular flexibility index (Phi) is 4.99. The van der Waals surface area contributed by atoms with E-state index in [9.17, 15) is 9.59 Å². The number of hydrogen-bond donors (Lipinski definition) is 1. The Labute approximate surface area is 122 Å². The molecule has 112 valence electrons. The molecule has 2 rings (SSSR count). The molecule has 0 fully saturated rings. The van der Waals surface area contributed by atoms with Crippen LogP contribution in [-0.4, -0.2) is 45.9 Å². The van der Waals surface area contributed by atoms with E-state index in [0.29, 0.717) is 17.4 Å². The molecule has 21 heavy (non-hydrogen) atoms. The van der Waals surface area contributed by atoms with Gasteiger partial charge in [-0.1, -0.05) is 24.3 Å². The highest BCUT2D eigenvalue weighted by Crippen LogP contribution is 2.03. The summed E-state index contributed by atoms with van der Waals surface area (Å²) in [6.45, 7) is 3.08. The second-order valence-electron chi connectivity index (χ2n) is 4.92. The minimum absolute atomic E-state index is 0.0684. The van der Waals surface area contributed by atoms with Gasteiger partial charge in [-0.3, -0.25) is 14.5 Å². The number of benzene rings is 1.